The summed E-state index contributed by atoms with van der Waals surface area (Å²) < 4.78 is 6.31. The molecule has 0 aliphatic heterocycles. The zero-order chi connectivity index (χ0) is 9.84. The predicted molar refractivity (Wildman–Crippen MR) is 58.1 cm³/mol. The van der Waals surface area contributed by atoms with Crippen LogP contribution in [-0.4, -0.2) is 26.1 Å². The molecule has 0 bridgehead atoms. The van der Waals surface area contributed by atoms with Crippen LogP contribution >= 0.6 is 15.9 Å². The maximum atomic E-state index is 5.30. The first-order valence-electron chi connectivity index (χ1n) is 4.11. The van der Waals surface area contributed by atoms with Crippen LogP contribution in [0.4, 0.5) is 0 Å². The number of halogens is 1. The summed E-state index contributed by atoms with van der Waals surface area (Å²) in [6, 6.07) is 6.08. The van der Waals surface area contributed by atoms with Gasteiger partial charge in [-0.1, -0.05) is 12.1 Å². The van der Waals surface area contributed by atoms with E-state index in [0.29, 0.717) is 0 Å². The number of methoxy groups -OCH3 is 1. The van der Waals surface area contributed by atoms with Gasteiger partial charge in [-0.15, -0.1) is 0 Å². The number of ether oxygens (including phenoxy) is 1. The molecule has 0 aliphatic rings. The molecule has 13 heavy (non-hydrogen) atoms. The maximum Gasteiger partial charge on any atom is 0.137 e. The van der Waals surface area contributed by atoms with Crippen molar-refractivity contribution in [3.63, 3.8) is 0 Å². The molecule has 0 unspecified atom stereocenters. The van der Waals surface area contributed by atoms with Crippen LogP contribution in [0.1, 0.15) is 5.56 Å². The molecule has 0 amide bonds. The van der Waals surface area contributed by atoms with Crippen LogP contribution in [0.5, 0.6) is 5.75 Å². The van der Waals surface area contributed by atoms with Crippen molar-refractivity contribution in [1.29, 1.82) is 0 Å². The Morgan fingerprint density at radius 1 is 1.38 bits per heavy atom. The largest absolute Gasteiger partial charge is 0.495 e. The Balaban J connectivity index is 2.98. The summed E-state index contributed by atoms with van der Waals surface area (Å²) in [5.41, 5.74) is 1.20. The van der Waals surface area contributed by atoms with E-state index in [1.165, 1.54) is 5.56 Å². The highest BCUT2D eigenvalue weighted by Gasteiger charge is 2.06. The third-order valence-corrected chi connectivity index (χ3v) is 2.36. The summed E-state index contributed by atoms with van der Waals surface area (Å²) in [5, 5.41) is 0. The van der Waals surface area contributed by atoms with Crippen molar-refractivity contribution < 1.29 is 4.74 Å². The Morgan fingerprint density at radius 2 is 2.08 bits per heavy atom. The minimum Gasteiger partial charge on any atom is -0.495 e. The Labute approximate surface area is 87.6 Å². The van der Waals surface area contributed by atoms with E-state index in [2.05, 4.69) is 26.9 Å². The fraction of sp³-hybridized carbons (Fsp3) is 0.400. The summed E-state index contributed by atoms with van der Waals surface area (Å²) in [7, 11) is 5.78. The van der Waals surface area contributed by atoms with E-state index < -0.39 is 0 Å². The van der Waals surface area contributed by atoms with Gasteiger partial charge in [0.2, 0.25) is 0 Å². The second-order valence-corrected chi connectivity index (χ2v) is 4.02. The van der Waals surface area contributed by atoms with E-state index in [4.69, 9.17) is 4.74 Å². The number of rotatable bonds is 3. The highest BCUT2D eigenvalue weighted by atomic mass is 79.9. The van der Waals surface area contributed by atoms with Crippen LogP contribution in [0, 0.1) is 0 Å². The minimum absolute atomic E-state index is 0.891. The van der Waals surface area contributed by atoms with Crippen molar-refractivity contribution in [1.82, 2.24) is 4.90 Å². The number of hydrogen-bond donors (Lipinski definition) is 0. The van der Waals surface area contributed by atoms with E-state index >= 15 is 0 Å². The number of nitrogens with zero attached hydrogens (tertiary/aromatic N) is 1. The molecule has 0 spiro atoms. The fourth-order valence-corrected chi connectivity index (χ4v) is 1.82. The first kappa shape index (κ1) is 10.5. The molecule has 2 nitrogen and oxygen atoms in total. The van der Waals surface area contributed by atoms with Crippen LogP contribution in [-0.2, 0) is 6.54 Å². The summed E-state index contributed by atoms with van der Waals surface area (Å²) in [6.07, 6.45) is 0. The van der Waals surface area contributed by atoms with Gasteiger partial charge in [0, 0.05) is 12.1 Å². The van der Waals surface area contributed by atoms with Gasteiger partial charge in [0.1, 0.15) is 5.75 Å². The molecule has 0 radical (unpaired) electrons. The van der Waals surface area contributed by atoms with E-state index in [-0.39, 0.29) is 0 Å². The topological polar surface area (TPSA) is 12.5 Å². The van der Waals surface area contributed by atoms with Crippen molar-refractivity contribution in [3.05, 3.63) is 28.2 Å². The minimum atomic E-state index is 0.891. The Bertz CT molecular complexity index is 286. The Morgan fingerprint density at radius 3 is 2.62 bits per heavy atom. The summed E-state index contributed by atoms with van der Waals surface area (Å²) in [4.78, 5) is 2.12. The quantitative estimate of drug-likeness (QED) is 0.810. The lowest BCUT2D eigenvalue weighted by Gasteiger charge is -2.14. The van der Waals surface area contributed by atoms with Crippen molar-refractivity contribution in [2.75, 3.05) is 21.2 Å². The molecular formula is C10H14BrNO. The van der Waals surface area contributed by atoms with E-state index in [1.54, 1.807) is 7.11 Å². The average molecular weight is 244 g/mol. The first-order chi connectivity index (χ1) is 6.15. The zero-order valence-corrected chi connectivity index (χ0v) is 9.76. The molecule has 0 N–H and O–H groups in total. The molecule has 72 valence electrons. The molecule has 1 aromatic rings. The van der Waals surface area contributed by atoms with Gasteiger partial charge in [-0.3, -0.25) is 0 Å². The predicted octanol–water partition coefficient (Wildman–Crippen LogP) is 2.52. The van der Waals surface area contributed by atoms with Crippen molar-refractivity contribution in [2.45, 2.75) is 6.54 Å². The Kier molecular flexibility index (Phi) is 3.75. The molecule has 0 aromatic heterocycles. The van der Waals surface area contributed by atoms with Gasteiger partial charge in [0.25, 0.3) is 0 Å². The highest BCUT2D eigenvalue weighted by molar-refractivity contribution is 9.10. The highest BCUT2D eigenvalue weighted by Crippen LogP contribution is 2.29. The van der Waals surface area contributed by atoms with E-state index in [1.807, 2.05) is 26.2 Å². The summed E-state index contributed by atoms with van der Waals surface area (Å²) >= 11 is 3.45. The molecule has 0 aliphatic carbocycles. The third-order valence-electron chi connectivity index (χ3n) is 1.74. The second-order valence-electron chi connectivity index (χ2n) is 3.17. The zero-order valence-electron chi connectivity index (χ0n) is 8.17. The number of para-hydroxylation sites is 1. The molecular weight excluding hydrogens is 230 g/mol. The van der Waals surface area contributed by atoms with E-state index in [9.17, 15) is 0 Å². The van der Waals surface area contributed by atoms with Gasteiger partial charge in [-0.05, 0) is 36.1 Å². The summed E-state index contributed by atoms with van der Waals surface area (Å²) in [5.74, 6) is 0.927. The molecule has 0 atom stereocenters. The second kappa shape index (κ2) is 4.63. The fourth-order valence-electron chi connectivity index (χ4n) is 1.25. The third kappa shape index (κ3) is 2.71. The first-order valence-corrected chi connectivity index (χ1v) is 4.90. The van der Waals surface area contributed by atoms with Crippen molar-refractivity contribution >= 4 is 15.9 Å². The molecule has 0 saturated carbocycles. The van der Waals surface area contributed by atoms with Crippen LogP contribution in [0.25, 0.3) is 0 Å². The molecule has 1 rings (SSSR count). The normalized spacial score (nSPS) is 10.5. The van der Waals surface area contributed by atoms with Crippen LogP contribution in [0.2, 0.25) is 0 Å². The molecule has 0 saturated heterocycles. The SMILES string of the molecule is COc1c(Br)cccc1CN(C)C. The molecule has 1 aromatic carbocycles. The van der Waals surface area contributed by atoms with Gasteiger partial charge in [-0.2, -0.15) is 0 Å². The van der Waals surface area contributed by atoms with Crippen molar-refractivity contribution in [3.8, 4) is 5.75 Å². The lowest BCUT2D eigenvalue weighted by Crippen LogP contribution is -2.11. The van der Waals surface area contributed by atoms with Gasteiger partial charge in [0.15, 0.2) is 0 Å². The van der Waals surface area contributed by atoms with Crippen molar-refractivity contribution in [2.24, 2.45) is 0 Å². The maximum absolute atomic E-state index is 5.30. The standard InChI is InChI=1S/C10H14BrNO/c1-12(2)7-8-5-4-6-9(11)10(8)13-3/h4-6H,7H2,1-3H3. The van der Waals surface area contributed by atoms with Gasteiger partial charge in [0.05, 0.1) is 11.6 Å². The Hall–Kier alpha value is -0.540. The summed E-state index contributed by atoms with van der Waals surface area (Å²) in [6.45, 7) is 0.891. The molecule has 0 heterocycles. The monoisotopic (exact) mass is 243 g/mol. The van der Waals surface area contributed by atoms with Gasteiger partial charge >= 0.3 is 0 Å². The molecule has 3 heteroatoms. The van der Waals surface area contributed by atoms with Crippen LogP contribution in [0.15, 0.2) is 22.7 Å². The van der Waals surface area contributed by atoms with Crippen LogP contribution in [0.3, 0.4) is 0 Å². The van der Waals surface area contributed by atoms with Gasteiger partial charge in [-0.25, -0.2) is 0 Å². The van der Waals surface area contributed by atoms with Crippen LogP contribution < -0.4 is 4.74 Å². The molecule has 0 fully saturated rings. The number of hydrogen-bond acceptors (Lipinski definition) is 2. The average Bonchev–Trinajstić information content (AvgIpc) is 2.03. The number of benzene rings is 1. The van der Waals surface area contributed by atoms with Gasteiger partial charge < -0.3 is 9.64 Å². The lowest BCUT2D eigenvalue weighted by atomic mass is 10.2. The lowest BCUT2D eigenvalue weighted by molar-refractivity contribution is 0.370. The van der Waals surface area contributed by atoms with E-state index in [0.717, 1.165) is 16.8 Å². The smallest absolute Gasteiger partial charge is 0.137 e.